The first-order chi connectivity index (χ1) is 15.4. The highest BCUT2D eigenvalue weighted by molar-refractivity contribution is 7.20. The first kappa shape index (κ1) is 25.7. The minimum absolute atomic E-state index is 0. The summed E-state index contributed by atoms with van der Waals surface area (Å²) in [6.07, 6.45) is 1.47. The second-order valence-electron chi connectivity index (χ2n) is 9.10. The molecular weight excluding hydrogens is 502 g/mol. The smallest absolute Gasteiger partial charge is 0.175 e. The summed E-state index contributed by atoms with van der Waals surface area (Å²) in [4.78, 5) is 13.6. The molecule has 0 saturated carbocycles. The normalized spacial score (nSPS) is 21.3. The maximum absolute atomic E-state index is 12.9. The van der Waals surface area contributed by atoms with Crippen LogP contribution in [0, 0.1) is 5.92 Å². The number of quaternary nitrogens is 1. The lowest BCUT2D eigenvalue weighted by Gasteiger charge is -2.41. The summed E-state index contributed by atoms with van der Waals surface area (Å²) in [5, 5.41) is 11.8. The number of carbonyl (C=O) groups is 1. The first-order valence-electron chi connectivity index (χ1n) is 11.1. The molecule has 0 spiro atoms. The number of benzene rings is 2. The van der Waals surface area contributed by atoms with E-state index in [0.717, 1.165) is 47.0 Å². The molecule has 0 aliphatic carbocycles. The summed E-state index contributed by atoms with van der Waals surface area (Å²) >= 11 is 1.44. The summed E-state index contributed by atoms with van der Waals surface area (Å²) in [6.45, 7) is 3.05. The number of thiophene rings is 1. The Bertz CT molecular complexity index is 1040. The summed E-state index contributed by atoms with van der Waals surface area (Å²) in [7, 11) is 5.50. The largest absolute Gasteiger partial charge is 1.00 e. The standard InChI is InChI=1S/C26H32NO4S.BrH/c1-27(17-18-7-5-4-6-8-18)11-9-19(10-12-27)21(28)15-22(29)26-14-20-13-23(30-2)24(31-3)16-25(20)32-26;/h4-8,13-14,16,19,21,28H,9-12,15,17H2,1-3H3;1H/q+1;/p-1. The van der Waals surface area contributed by atoms with E-state index in [0.29, 0.717) is 16.4 Å². The molecule has 0 amide bonds. The van der Waals surface area contributed by atoms with E-state index in [1.165, 1.54) is 16.9 Å². The van der Waals surface area contributed by atoms with E-state index < -0.39 is 6.10 Å². The molecule has 7 heteroatoms. The topological polar surface area (TPSA) is 55.8 Å². The zero-order chi connectivity index (χ0) is 22.7. The molecular formula is C26H32BrNO4S. The minimum atomic E-state index is -0.595. The van der Waals surface area contributed by atoms with E-state index in [1.54, 1.807) is 14.2 Å². The van der Waals surface area contributed by atoms with Crippen LogP contribution < -0.4 is 26.5 Å². The van der Waals surface area contributed by atoms with Gasteiger partial charge in [-0.2, -0.15) is 0 Å². The Morgan fingerprint density at radius 2 is 1.73 bits per heavy atom. The maximum atomic E-state index is 12.9. The van der Waals surface area contributed by atoms with Crippen LogP contribution in [0.4, 0.5) is 0 Å². The number of halogens is 1. The lowest BCUT2D eigenvalue weighted by molar-refractivity contribution is -0.928. The molecule has 1 aromatic heterocycles. The lowest BCUT2D eigenvalue weighted by atomic mass is 9.87. The molecule has 1 aliphatic rings. The highest BCUT2D eigenvalue weighted by Gasteiger charge is 2.34. The van der Waals surface area contributed by atoms with Crippen LogP contribution in [0.5, 0.6) is 11.5 Å². The van der Waals surface area contributed by atoms with E-state index >= 15 is 0 Å². The highest BCUT2D eigenvalue weighted by atomic mass is 79.9. The number of hydrogen-bond acceptors (Lipinski definition) is 5. The van der Waals surface area contributed by atoms with E-state index in [9.17, 15) is 9.90 Å². The van der Waals surface area contributed by atoms with Gasteiger partial charge in [-0.1, -0.05) is 30.3 Å². The fraction of sp³-hybridized carbons (Fsp3) is 0.423. The van der Waals surface area contributed by atoms with Gasteiger partial charge in [0, 0.05) is 35.6 Å². The predicted molar refractivity (Wildman–Crippen MR) is 129 cm³/mol. The quantitative estimate of drug-likeness (QED) is 0.355. The van der Waals surface area contributed by atoms with Crippen LogP contribution >= 0.6 is 11.3 Å². The van der Waals surface area contributed by atoms with Crippen molar-refractivity contribution >= 4 is 27.2 Å². The van der Waals surface area contributed by atoms with Crippen molar-refractivity contribution in [1.82, 2.24) is 0 Å². The predicted octanol–water partition coefficient (Wildman–Crippen LogP) is 1.91. The molecule has 3 aromatic rings. The Labute approximate surface area is 210 Å². The number of piperidine rings is 1. The van der Waals surface area contributed by atoms with Gasteiger partial charge >= 0.3 is 0 Å². The molecule has 1 fully saturated rings. The number of ketones is 1. The Morgan fingerprint density at radius 1 is 1.09 bits per heavy atom. The van der Waals surface area contributed by atoms with Crippen LogP contribution in [0.1, 0.15) is 34.5 Å². The monoisotopic (exact) mass is 533 g/mol. The number of aliphatic hydroxyl groups excluding tert-OH is 1. The van der Waals surface area contributed by atoms with Gasteiger partial charge in [0.15, 0.2) is 17.3 Å². The number of aliphatic hydroxyl groups is 1. The number of rotatable bonds is 8. The van der Waals surface area contributed by atoms with Crippen LogP contribution in [-0.2, 0) is 6.54 Å². The number of fused-ring (bicyclic) bond motifs is 1. The number of nitrogens with zero attached hydrogens (tertiary/aromatic N) is 1. The Kier molecular flexibility index (Phi) is 8.56. The lowest BCUT2D eigenvalue weighted by Crippen LogP contribution is -3.00. The van der Waals surface area contributed by atoms with Crippen LogP contribution in [0.3, 0.4) is 0 Å². The molecule has 1 unspecified atom stereocenters. The van der Waals surface area contributed by atoms with Gasteiger partial charge in [-0.15, -0.1) is 11.3 Å². The molecule has 4 rings (SSSR count). The second-order valence-corrected chi connectivity index (χ2v) is 10.2. The third kappa shape index (κ3) is 5.96. The molecule has 1 saturated heterocycles. The molecule has 33 heavy (non-hydrogen) atoms. The average molecular weight is 535 g/mol. The van der Waals surface area contributed by atoms with E-state index in [2.05, 4.69) is 31.3 Å². The van der Waals surface area contributed by atoms with Crippen molar-refractivity contribution in [2.45, 2.75) is 31.9 Å². The molecule has 0 bridgehead atoms. The van der Waals surface area contributed by atoms with Crippen LogP contribution in [-0.4, -0.2) is 55.8 Å². The molecule has 5 nitrogen and oxygen atoms in total. The van der Waals surface area contributed by atoms with Crippen LogP contribution in [0.25, 0.3) is 10.1 Å². The SMILES string of the molecule is COc1cc2cc(C(=O)CC(O)C3CC[N+](C)(Cc4ccccc4)CC3)sc2cc1OC.[Br-]. The first-order valence-corrected chi connectivity index (χ1v) is 12.0. The van der Waals surface area contributed by atoms with Gasteiger partial charge in [-0.3, -0.25) is 4.79 Å². The molecule has 0 radical (unpaired) electrons. The van der Waals surface area contributed by atoms with Gasteiger partial charge < -0.3 is 36.0 Å². The fourth-order valence-corrected chi connectivity index (χ4v) is 5.76. The number of carbonyl (C=O) groups excluding carboxylic acids is 1. The Balaban J connectivity index is 0.00000306. The molecule has 178 valence electrons. The van der Waals surface area contributed by atoms with Crippen molar-refractivity contribution in [3.63, 3.8) is 0 Å². The van der Waals surface area contributed by atoms with Gasteiger partial charge in [0.1, 0.15) is 6.54 Å². The molecule has 1 N–H and O–H groups in total. The van der Waals surface area contributed by atoms with Crippen molar-refractivity contribution < 1.29 is 40.8 Å². The second kappa shape index (κ2) is 11.0. The zero-order valence-corrected chi connectivity index (χ0v) is 21.8. The highest BCUT2D eigenvalue weighted by Crippen LogP contribution is 2.37. The Morgan fingerprint density at radius 3 is 2.36 bits per heavy atom. The van der Waals surface area contributed by atoms with Crippen molar-refractivity contribution in [3.05, 3.63) is 59.0 Å². The fourth-order valence-electron chi connectivity index (χ4n) is 4.74. The van der Waals surface area contributed by atoms with E-state index in [-0.39, 0.29) is 35.1 Å². The van der Waals surface area contributed by atoms with E-state index in [1.807, 2.05) is 24.3 Å². The maximum Gasteiger partial charge on any atom is 0.175 e. The summed E-state index contributed by atoms with van der Waals surface area (Å²) in [6, 6.07) is 16.3. The van der Waals surface area contributed by atoms with Crippen molar-refractivity contribution in [2.24, 2.45) is 5.92 Å². The van der Waals surface area contributed by atoms with Gasteiger partial charge in [0.25, 0.3) is 0 Å². The zero-order valence-electron chi connectivity index (χ0n) is 19.4. The van der Waals surface area contributed by atoms with Crippen molar-refractivity contribution in [2.75, 3.05) is 34.4 Å². The van der Waals surface area contributed by atoms with Gasteiger partial charge in [0.05, 0.1) is 45.3 Å². The number of likely N-dealkylation sites (tertiary alicyclic amines) is 1. The van der Waals surface area contributed by atoms with Gasteiger partial charge in [-0.05, 0) is 23.4 Å². The third-order valence-corrected chi connectivity index (χ3v) is 7.86. The summed E-state index contributed by atoms with van der Waals surface area (Å²) in [5.74, 6) is 1.48. The van der Waals surface area contributed by atoms with Gasteiger partial charge in [-0.25, -0.2) is 0 Å². The molecule has 2 heterocycles. The third-order valence-electron chi connectivity index (χ3n) is 6.72. The number of Topliss-reactive ketones (excluding diaryl/α,β-unsaturated/α-hetero) is 1. The minimum Gasteiger partial charge on any atom is -1.00 e. The Hall–Kier alpha value is -1.93. The number of ether oxygens (including phenoxy) is 2. The molecule has 1 atom stereocenters. The van der Waals surface area contributed by atoms with Crippen molar-refractivity contribution in [1.29, 1.82) is 0 Å². The average Bonchev–Trinajstić information content (AvgIpc) is 3.22. The summed E-state index contributed by atoms with van der Waals surface area (Å²) < 4.78 is 12.7. The van der Waals surface area contributed by atoms with Crippen molar-refractivity contribution in [3.8, 4) is 11.5 Å². The number of hydrogen-bond donors (Lipinski definition) is 1. The van der Waals surface area contributed by atoms with E-state index in [4.69, 9.17) is 9.47 Å². The molecule has 1 aliphatic heterocycles. The van der Waals surface area contributed by atoms with Crippen LogP contribution in [0.2, 0.25) is 0 Å². The van der Waals surface area contributed by atoms with Gasteiger partial charge in [0.2, 0.25) is 0 Å². The number of methoxy groups -OCH3 is 2. The van der Waals surface area contributed by atoms with Crippen LogP contribution in [0.15, 0.2) is 48.5 Å². The molecule has 2 aromatic carbocycles. The summed E-state index contributed by atoms with van der Waals surface area (Å²) in [5.41, 5.74) is 1.35.